The molecule has 0 fully saturated rings. The van der Waals surface area contributed by atoms with Gasteiger partial charge in [0.25, 0.3) is 10.1 Å². The van der Waals surface area contributed by atoms with Crippen molar-refractivity contribution in [1.82, 2.24) is 0 Å². The molecule has 0 saturated carbocycles. The van der Waals surface area contributed by atoms with Crippen LogP contribution in [0, 0.1) is 0 Å². The minimum Gasteiger partial charge on any atom is -0.282 e. The van der Waals surface area contributed by atoms with Crippen molar-refractivity contribution in [2.45, 2.75) is 4.90 Å². The Morgan fingerprint density at radius 2 is 1.44 bits per heavy atom. The molecule has 1 N–H and O–H groups in total. The van der Waals surface area contributed by atoms with Gasteiger partial charge in [0, 0.05) is 5.39 Å². The molecular weight excluding hydrogens is 271 g/mol. The number of halogens is 2. The Hall–Kier alpha value is -0.810. The Labute approximate surface area is 106 Å². The number of hydrogen-bond donors (Lipinski definition) is 1. The second kappa shape index (κ2) is 5.50. The fourth-order valence-corrected chi connectivity index (χ4v) is 2.13. The summed E-state index contributed by atoms with van der Waals surface area (Å²) in [6.45, 7) is 0. The fourth-order valence-electron chi connectivity index (χ4n) is 1.42. The van der Waals surface area contributed by atoms with Gasteiger partial charge in [-0.15, -0.1) is 24.8 Å². The third-order valence-electron chi connectivity index (χ3n) is 2.03. The highest BCUT2D eigenvalue weighted by Crippen LogP contribution is 2.21. The number of hydrogen-bond acceptors (Lipinski definition) is 2. The van der Waals surface area contributed by atoms with E-state index >= 15 is 0 Å². The summed E-state index contributed by atoms with van der Waals surface area (Å²) in [5.41, 5.74) is 0. The average molecular weight is 281 g/mol. The monoisotopic (exact) mass is 280 g/mol. The lowest BCUT2D eigenvalue weighted by atomic mass is 10.1. The predicted molar refractivity (Wildman–Crippen MR) is 68.3 cm³/mol. The van der Waals surface area contributed by atoms with Crippen molar-refractivity contribution >= 4 is 45.7 Å². The van der Waals surface area contributed by atoms with Gasteiger partial charge in [0.1, 0.15) is 4.90 Å². The van der Waals surface area contributed by atoms with Crippen LogP contribution in [-0.2, 0) is 10.1 Å². The van der Waals surface area contributed by atoms with Crippen LogP contribution >= 0.6 is 24.8 Å². The molecule has 3 nitrogen and oxygen atoms in total. The van der Waals surface area contributed by atoms with E-state index in [-0.39, 0.29) is 29.7 Å². The smallest absolute Gasteiger partial charge is 0.282 e. The molecule has 2 aromatic carbocycles. The maximum atomic E-state index is 11.0. The first-order valence-electron chi connectivity index (χ1n) is 4.04. The van der Waals surface area contributed by atoms with Gasteiger partial charge in [0.15, 0.2) is 0 Å². The highest BCUT2D eigenvalue weighted by Gasteiger charge is 2.12. The zero-order chi connectivity index (χ0) is 10.2. The summed E-state index contributed by atoms with van der Waals surface area (Å²) in [5.74, 6) is 0. The number of fused-ring (bicyclic) bond motifs is 1. The molecule has 0 aliphatic heterocycles. The first-order chi connectivity index (χ1) is 6.59. The minimum absolute atomic E-state index is 0. The van der Waals surface area contributed by atoms with Crippen LogP contribution in [0.25, 0.3) is 10.8 Å². The Morgan fingerprint density at radius 1 is 0.875 bits per heavy atom. The molecule has 0 bridgehead atoms. The normalized spacial score (nSPS) is 10.3. The second-order valence-electron chi connectivity index (χ2n) is 2.95. The molecule has 0 radical (unpaired) electrons. The third-order valence-corrected chi connectivity index (χ3v) is 2.94. The van der Waals surface area contributed by atoms with Crippen molar-refractivity contribution in [2.75, 3.05) is 0 Å². The largest absolute Gasteiger partial charge is 0.295 e. The zero-order valence-corrected chi connectivity index (χ0v) is 10.5. The third kappa shape index (κ3) is 2.86. The van der Waals surface area contributed by atoms with Gasteiger partial charge in [-0.2, -0.15) is 8.42 Å². The molecule has 0 atom stereocenters. The molecule has 0 spiro atoms. The second-order valence-corrected chi connectivity index (χ2v) is 4.34. The number of benzene rings is 2. The molecule has 2 aromatic rings. The van der Waals surface area contributed by atoms with E-state index in [1.807, 2.05) is 6.07 Å². The Morgan fingerprint density at radius 3 is 2.06 bits per heavy atom. The summed E-state index contributed by atoms with van der Waals surface area (Å²) in [5, 5.41) is 1.33. The first kappa shape index (κ1) is 15.2. The fraction of sp³-hybridized carbons (Fsp3) is 0. The van der Waals surface area contributed by atoms with Crippen LogP contribution < -0.4 is 0 Å². The molecule has 0 saturated heterocycles. The molecular formula is C10H10Cl2O3S. The summed E-state index contributed by atoms with van der Waals surface area (Å²) in [6, 6.07) is 11.8. The van der Waals surface area contributed by atoms with Crippen LogP contribution in [0.3, 0.4) is 0 Å². The van der Waals surface area contributed by atoms with Crippen molar-refractivity contribution in [3.8, 4) is 0 Å². The molecule has 0 aliphatic carbocycles. The van der Waals surface area contributed by atoms with Gasteiger partial charge in [0.05, 0.1) is 0 Å². The van der Waals surface area contributed by atoms with E-state index in [4.69, 9.17) is 4.55 Å². The zero-order valence-electron chi connectivity index (χ0n) is 8.03. The summed E-state index contributed by atoms with van der Waals surface area (Å²) in [7, 11) is -4.13. The molecule has 0 heterocycles. The van der Waals surface area contributed by atoms with Crippen molar-refractivity contribution < 1.29 is 13.0 Å². The summed E-state index contributed by atoms with van der Waals surface area (Å²) < 4.78 is 31.0. The van der Waals surface area contributed by atoms with Gasteiger partial charge >= 0.3 is 0 Å². The van der Waals surface area contributed by atoms with E-state index in [1.165, 1.54) is 6.07 Å². The van der Waals surface area contributed by atoms with E-state index < -0.39 is 10.1 Å². The lowest BCUT2D eigenvalue weighted by Gasteiger charge is -2.02. The topological polar surface area (TPSA) is 54.4 Å². The van der Waals surface area contributed by atoms with Crippen molar-refractivity contribution in [3.63, 3.8) is 0 Å². The molecule has 0 unspecified atom stereocenters. The Kier molecular flexibility index (Phi) is 5.22. The van der Waals surface area contributed by atoms with Crippen LogP contribution in [0.2, 0.25) is 0 Å². The molecule has 6 heteroatoms. The van der Waals surface area contributed by atoms with Crippen molar-refractivity contribution in [3.05, 3.63) is 42.5 Å². The van der Waals surface area contributed by atoms with Crippen molar-refractivity contribution in [2.24, 2.45) is 0 Å². The van der Waals surface area contributed by atoms with Crippen LogP contribution in [0.5, 0.6) is 0 Å². The van der Waals surface area contributed by atoms with E-state index in [0.29, 0.717) is 5.39 Å². The van der Waals surface area contributed by atoms with E-state index in [0.717, 1.165) is 5.39 Å². The Balaban J connectivity index is 0.00000112. The highest BCUT2D eigenvalue weighted by atomic mass is 35.5. The van der Waals surface area contributed by atoms with Gasteiger partial charge in [-0.25, -0.2) is 0 Å². The van der Waals surface area contributed by atoms with E-state index in [2.05, 4.69) is 0 Å². The van der Waals surface area contributed by atoms with Gasteiger partial charge in [-0.3, -0.25) is 4.55 Å². The van der Waals surface area contributed by atoms with E-state index in [9.17, 15) is 8.42 Å². The molecule has 0 aromatic heterocycles. The van der Waals surface area contributed by atoms with Crippen LogP contribution in [0.1, 0.15) is 0 Å². The molecule has 0 amide bonds. The van der Waals surface area contributed by atoms with Gasteiger partial charge in [-0.05, 0) is 11.5 Å². The SMILES string of the molecule is Cl.Cl.O=S(=O)(O)c1cccc2ccccc12. The molecule has 16 heavy (non-hydrogen) atoms. The summed E-state index contributed by atoms with van der Waals surface area (Å²) in [4.78, 5) is -0.0457. The number of rotatable bonds is 1. The summed E-state index contributed by atoms with van der Waals surface area (Å²) in [6.07, 6.45) is 0. The standard InChI is InChI=1S/C10H8O3S.2ClH/c11-14(12,13)10-7-3-5-8-4-1-2-6-9(8)10;;/h1-7H,(H,11,12,13);2*1H. The lowest BCUT2D eigenvalue weighted by Crippen LogP contribution is -1.98. The summed E-state index contributed by atoms with van der Waals surface area (Å²) >= 11 is 0. The lowest BCUT2D eigenvalue weighted by molar-refractivity contribution is 0.484. The molecule has 88 valence electrons. The molecule has 0 aliphatic rings. The van der Waals surface area contributed by atoms with Crippen LogP contribution in [-0.4, -0.2) is 13.0 Å². The highest BCUT2D eigenvalue weighted by molar-refractivity contribution is 7.86. The maximum absolute atomic E-state index is 11.0. The van der Waals surface area contributed by atoms with Crippen LogP contribution in [0.15, 0.2) is 47.4 Å². The van der Waals surface area contributed by atoms with Gasteiger partial charge in [-0.1, -0.05) is 36.4 Å². The predicted octanol–water partition coefficient (Wildman–Crippen LogP) is 2.93. The van der Waals surface area contributed by atoms with Crippen LogP contribution in [0.4, 0.5) is 0 Å². The minimum atomic E-state index is -4.13. The average Bonchev–Trinajstić information content (AvgIpc) is 2.15. The maximum Gasteiger partial charge on any atom is 0.295 e. The molecule has 2 rings (SSSR count). The quantitative estimate of drug-likeness (QED) is 0.818. The Bertz CT molecular complexity index is 576. The van der Waals surface area contributed by atoms with Gasteiger partial charge in [0.2, 0.25) is 0 Å². The van der Waals surface area contributed by atoms with Crippen molar-refractivity contribution in [1.29, 1.82) is 0 Å². The first-order valence-corrected chi connectivity index (χ1v) is 5.48. The van der Waals surface area contributed by atoms with Gasteiger partial charge < -0.3 is 0 Å². The van der Waals surface area contributed by atoms with E-state index in [1.54, 1.807) is 30.3 Å².